The van der Waals surface area contributed by atoms with Crippen molar-refractivity contribution < 1.29 is 13.9 Å². The van der Waals surface area contributed by atoms with E-state index >= 15 is 0 Å². The number of esters is 1. The van der Waals surface area contributed by atoms with E-state index < -0.39 is 0 Å². The molecule has 0 aromatic heterocycles. The van der Waals surface area contributed by atoms with E-state index in [1.165, 1.54) is 13.2 Å². The van der Waals surface area contributed by atoms with Gasteiger partial charge in [-0.15, -0.1) is 0 Å². The summed E-state index contributed by atoms with van der Waals surface area (Å²) in [5, 5.41) is 0. The highest BCUT2D eigenvalue weighted by Crippen LogP contribution is 2.21. The van der Waals surface area contributed by atoms with E-state index in [0.717, 1.165) is 5.56 Å². The number of aryl methyl sites for hydroxylation is 1. The van der Waals surface area contributed by atoms with Crippen molar-refractivity contribution in [2.45, 2.75) is 26.2 Å². The predicted octanol–water partition coefficient (Wildman–Crippen LogP) is 2.80. The Labute approximate surface area is 89.1 Å². The summed E-state index contributed by atoms with van der Waals surface area (Å²) >= 11 is 0. The van der Waals surface area contributed by atoms with Gasteiger partial charge in [-0.1, -0.05) is 19.1 Å². The van der Waals surface area contributed by atoms with Crippen molar-refractivity contribution in [1.82, 2.24) is 0 Å². The van der Waals surface area contributed by atoms with Gasteiger partial charge in [0.15, 0.2) is 0 Å². The van der Waals surface area contributed by atoms with Crippen LogP contribution in [0.15, 0.2) is 18.2 Å². The lowest BCUT2D eigenvalue weighted by Crippen LogP contribution is -2.06. The monoisotopic (exact) mass is 210 g/mol. The van der Waals surface area contributed by atoms with Gasteiger partial charge in [-0.2, -0.15) is 0 Å². The van der Waals surface area contributed by atoms with Gasteiger partial charge in [0.2, 0.25) is 0 Å². The molecule has 0 amide bonds. The van der Waals surface area contributed by atoms with Crippen LogP contribution >= 0.6 is 0 Å². The fourth-order valence-corrected chi connectivity index (χ4v) is 1.37. The molecule has 0 saturated carbocycles. The van der Waals surface area contributed by atoms with Gasteiger partial charge >= 0.3 is 5.97 Å². The minimum absolute atomic E-state index is 0.0208. The van der Waals surface area contributed by atoms with Gasteiger partial charge in [-0.3, -0.25) is 4.79 Å². The molecule has 0 fully saturated rings. The Morgan fingerprint density at radius 1 is 1.53 bits per heavy atom. The van der Waals surface area contributed by atoms with Crippen LogP contribution < -0.4 is 0 Å². The van der Waals surface area contributed by atoms with Gasteiger partial charge in [0.1, 0.15) is 5.82 Å². The number of hydrogen-bond acceptors (Lipinski definition) is 2. The molecule has 0 saturated heterocycles. The maximum atomic E-state index is 13.2. The van der Waals surface area contributed by atoms with Crippen LogP contribution in [0.5, 0.6) is 0 Å². The molecule has 82 valence electrons. The molecule has 1 atom stereocenters. The third-order valence-corrected chi connectivity index (χ3v) is 2.47. The molecule has 1 aromatic rings. The van der Waals surface area contributed by atoms with Crippen LogP contribution in [0.25, 0.3) is 0 Å². The van der Waals surface area contributed by atoms with Gasteiger partial charge in [0.25, 0.3) is 0 Å². The fourth-order valence-electron chi connectivity index (χ4n) is 1.37. The zero-order valence-electron chi connectivity index (χ0n) is 9.21. The highest BCUT2D eigenvalue weighted by Gasteiger charge is 2.12. The summed E-state index contributed by atoms with van der Waals surface area (Å²) in [6.07, 6.45) is 0.277. The molecular formula is C12H15FO2. The van der Waals surface area contributed by atoms with E-state index in [1.54, 1.807) is 13.0 Å². The van der Waals surface area contributed by atoms with Crippen molar-refractivity contribution in [3.8, 4) is 0 Å². The van der Waals surface area contributed by atoms with Crippen LogP contribution in [0.3, 0.4) is 0 Å². The Hall–Kier alpha value is -1.38. The summed E-state index contributed by atoms with van der Waals surface area (Å²) in [6.45, 7) is 3.59. The molecule has 0 aliphatic rings. The average molecular weight is 210 g/mol. The molecule has 0 N–H and O–H groups in total. The van der Waals surface area contributed by atoms with Gasteiger partial charge in [0.05, 0.1) is 13.5 Å². The van der Waals surface area contributed by atoms with Crippen LogP contribution in [0.1, 0.15) is 30.4 Å². The first kappa shape index (κ1) is 11.7. The molecular weight excluding hydrogens is 195 g/mol. The maximum absolute atomic E-state index is 13.2. The number of methoxy groups -OCH3 is 1. The number of ether oxygens (including phenoxy) is 1. The summed E-state index contributed by atoms with van der Waals surface area (Å²) < 4.78 is 17.8. The van der Waals surface area contributed by atoms with Crippen molar-refractivity contribution in [2.75, 3.05) is 7.11 Å². The largest absolute Gasteiger partial charge is 0.469 e. The summed E-state index contributed by atoms with van der Waals surface area (Å²) in [4.78, 5) is 11.0. The second kappa shape index (κ2) is 4.91. The van der Waals surface area contributed by atoms with E-state index in [4.69, 9.17) is 0 Å². The summed E-state index contributed by atoms with van der Waals surface area (Å²) in [6, 6.07) is 5.04. The molecule has 0 radical (unpaired) electrons. The van der Waals surface area contributed by atoms with Crippen LogP contribution in [-0.2, 0) is 9.53 Å². The van der Waals surface area contributed by atoms with E-state index in [0.29, 0.717) is 5.56 Å². The van der Waals surface area contributed by atoms with Crippen molar-refractivity contribution in [1.29, 1.82) is 0 Å². The van der Waals surface area contributed by atoms with Crippen molar-refractivity contribution >= 4 is 5.97 Å². The highest BCUT2D eigenvalue weighted by atomic mass is 19.1. The Kier molecular flexibility index (Phi) is 3.83. The van der Waals surface area contributed by atoms with E-state index in [2.05, 4.69) is 4.74 Å². The average Bonchev–Trinajstić information content (AvgIpc) is 2.21. The second-order valence-corrected chi connectivity index (χ2v) is 3.69. The topological polar surface area (TPSA) is 26.3 Å². The minimum Gasteiger partial charge on any atom is -0.469 e. The van der Waals surface area contributed by atoms with Crippen molar-refractivity contribution in [3.05, 3.63) is 35.1 Å². The molecule has 3 heteroatoms. The smallest absolute Gasteiger partial charge is 0.306 e. The van der Waals surface area contributed by atoms with E-state index in [1.807, 2.05) is 13.0 Å². The van der Waals surface area contributed by atoms with E-state index in [9.17, 15) is 9.18 Å². The maximum Gasteiger partial charge on any atom is 0.306 e. The Bertz CT molecular complexity index is 361. The zero-order valence-corrected chi connectivity index (χ0v) is 9.21. The zero-order chi connectivity index (χ0) is 11.4. The Balaban J connectivity index is 2.78. The first-order valence-electron chi connectivity index (χ1n) is 4.87. The van der Waals surface area contributed by atoms with Crippen molar-refractivity contribution in [2.24, 2.45) is 0 Å². The summed E-state index contributed by atoms with van der Waals surface area (Å²) in [7, 11) is 1.35. The van der Waals surface area contributed by atoms with Crippen LogP contribution in [-0.4, -0.2) is 13.1 Å². The molecule has 15 heavy (non-hydrogen) atoms. The van der Waals surface area contributed by atoms with Crippen LogP contribution in [0.4, 0.5) is 4.39 Å². The molecule has 2 nitrogen and oxygen atoms in total. The van der Waals surface area contributed by atoms with E-state index in [-0.39, 0.29) is 24.1 Å². The summed E-state index contributed by atoms with van der Waals surface area (Å²) in [5.41, 5.74) is 1.44. The number of rotatable bonds is 3. The standard InChI is InChI=1S/C12H15FO2/c1-8-4-5-10(7-11(8)13)9(2)6-12(14)15-3/h4-5,7,9H,6H2,1-3H3. The molecule has 1 unspecified atom stereocenters. The number of carbonyl (C=O) groups excluding carboxylic acids is 1. The van der Waals surface area contributed by atoms with Gasteiger partial charge in [-0.05, 0) is 30.0 Å². The Morgan fingerprint density at radius 3 is 2.73 bits per heavy atom. The molecule has 0 spiro atoms. The molecule has 0 heterocycles. The lowest BCUT2D eigenvalue weighted by molar-refractivity contribution is -0.140. The summed E-state index contributed by atoms with van der Waals surface area (Å²) in [5.74, 6) is -0.528. The second-order valence-electron chi connectivity index (χ2n) is 3.69. The minimum atomic E-state index is -0.275. The third-order valence-electron chi connectivity index (χ3n) is 2.47. The quantitative estimate of drug-likeness (QED) is 0.717. The first-order valence-corrected chi connectivity index (χ1v) is 4.87. The molecule has 0 aliphatic carbocycles. The van der Waals surface area contributed by atoms with Crippen LogP contribution in [0, 0.1) is 12.7 Å². The fraction of sp³-hybridized carbons (Fsp3) is 0.417. The predicted molar refractivity (Wildman–Crippen MR) is 56.2 cm³/mol. The Morgan fingerprint density at radius 2 is 2.20 bits per heavy atom. The SMILES string of the molecule is COC(=O)CC(C)c1ccc(C)c(F)c1. The van der Waals surface area contributed by atoms with Crippen LogP contribution in [0.2, 0.25) is 0 Å². The number of hydrogen-bond donors (Lipinski definition) is 0. The first-order chi connectivity index (χ1) is 7.04. The highest BCUT2D eigenvalue weighted by molar-refractivity contribution is 5.70. The third kappa shape index (κ3) is 3.05. The lowest BCUT2D eigenvalue weighted by atomic mass is 9.97. The molecule has 0 bridgehead atoms. The van der Waals surface area contributed by atoms with Gasteiger partial charge in [0, 0.05) is 0 Å². The number of halogens is 1. The number of benzene rings is 1. The normalized spacial score (nSPS) is 12.3. The number of carbonyl (C=O) groups is 1. The molecule has 1 aromatic carbocycles. The molecule has 1 rings (SSSR count). The molecule has 0 aliphatic heterocycles. The van der Waals surface area contributed by atoms with Gasteiger partial charge in [-0.25, -0.2) is 4.39 Å². The lowest BCUT2D eigenvalue weighted by Gasteiger charge is -2.11. The van der Waals surface area contributed by atoms with Gasteiger partial charge < -0.3 is 4.74 Å². The van der Waals surface area contributed by atoms with Crippen molar-refractivity contribution in [3.63, 3.8) is 0 Å².